The van der Waals surface area contributed by atoms with Gasteiger partial charge in [-0.05, 0) is 141 Å². The third-order valence-corrected chi connectivity index (χ3v) is 15.3. The van der Waals surface area contributed by atoms with Gasteiger partial charge in [-0.25, -0.2) is 0 Å². The van der Waals surface area contributed by atoms with Gasteiger partial charge in [0.1, 0.15) is 0 Å². The second-order valence-corrected chi connectivity index (χ2v) is 22.6. The summed E-state index contributed by atoms with van der Waals surface area (Å²) in [7, 11) is 0. The van der Waals surface area contributed by atoms with Gasteiger partial charge in [-0.3, -0.25) is 0 Å². The van der Waals surface area contributed by atoms with Crippen LogP contribution in [0.15, 0.2) is 115 Å². The quantitative estimate of drug-likeness (QED) is 0.164. The van der Waals surface area contributed by atoms with Crippen molar-refractivity contribution in [1.82, 2.24) is 0 Å². The van der Waals surface area contributed by atoms with E-state index >= 15 is 0 Å². The van der Waals surface area contributed by atoms with Crippen molar-refractivity contribution < 1.29 is 0 Å². The average Bonchev–Trinajstić information content (AvgIpc) is 3.57. The molecule has 0 amide bonds. The fourth-order valence-electron chi connectivity index (χ4n) is 10.6. The van der Waals surface area contributed by atoms with Gasteiger partial charge in [0.2, 0.25) is 0 Å². The second kappa shape index (κ2) is 13.2. The number of aryl methyl sites for hydroxylation is 2. The Balaban J connectivity index is 1.35. The molecule has 302 valence electrons. The highest BCUT2D eigenvalue weighted by atomic mass is 32.1. The zero-order valence-corrected chi connectivity index (χ0v) is 38.6. The van der Waals surface area contributed by atoms with E-state index in [2.05, 4.69) is 208 Å². The summed E-state index contributed by atoms with van der Waals surface area (Å²) in [5, 5.41) is 1.34. The van der Waals surface area contributed by atoms with E-state index in [1.807, 2.05) is 11.3 Å². The minimum absolute atomic E-state index is 0.00311. The van der Waals surface area contributed by atoms with E-state index in [0.29, 0.717) is 0 Å². The fraction of sp³-hybridized carbons (Fsp3) is 0.321. The van der Waals surface area contributed by atoms with Crippen molar-refractivity contribution in [2.45, 2.75) is 118 Å². The molecule has 0 radical (unpaired) electrons. The fourth-order valence-corrected chi connectivity index (χ4v) is 11.9. The average molecular weight is 803 g/mol. The SMILES string of the molecule is Cc1cc2c3c(c1)N(c1ccc(C(C)(C)C)cc1-c1ccccc1)c1c(sc4ccc(C)cc14)B3c1ccc3c(c1N2c1ccc(C(C)(C)C)cc1)C(C)(C)CCC3(C)C. The number of rotatable bonds is 3. The summed E-state index contributed by atoms with van der Waals surface area (Å²) in [4.78, 5) is 5.36. The lowest BCUT2D eigenvalue weighted by molar-refractivity contribution is 0.333. The van der Waals surface area contributed by atoms with Gasteiger partial charge in [0.15, 0.2) is 0 Å². The number of benzene rings is 6. The molecule has 1 aliphatic carbocycles. The van der Waals surface area contributed by atoms with Crippen LogP contribution in [0.5, 0.6) is 0 Å². The standard InChI is InChI=1S/C56H59BN2S/c1-34-18-27-47-41(30-34)50-52(60-47)57-43-25-24-42-48(56(11,12)29-28-55(42,9)10)51(43)58(39-22-19-37(20-23-39)53(3,4)5)45-31-35(2)32-46(49(45)57)59(50)44-26-21-38(54(6,7)8)33-40(44)36-16-14-13-15-17-36/h13-27,30-33H,28-29H2,1-12H3. The highest BCUT2D eigenvalue weighted by Gasteiger charge is 2.49. The van der Waals surface area contributed by atoms with Gasteiger partial charge in [0.05, 0.1) is 11.4 Å². The molecule has 0 bridgehead atoms. The normalized spacial score (nSPS) is 16.4. The molecule has 2 nitrogen and oxygen atoms in total. The molecule has 60 heavy (non-hydrogen) atoms. The molecule has 0 saturated carbocycles. The number of fused-ring (bicyclic) bond motifs is 8. The van der Waals surface area contributed by atoms with Gasteiger partial charge in [0.25, 0.3) is 6.71 Å². The first kappa shape index (κ1) is 39.1. The van der Waals surface area contributed by atoms with Crippen LogP contribution in [0.25, 0.3) is 21.2 Å². The van der Waals surface area contributed by atoms with Crippen LogP contribution in [0.1, 0.15) is 115 Å². The van der Waals surface area contributed by atoms with Crippen LogP contribution in [0.3, 0.4) is 0 Å². The van der Waals surface area contributed by atoms with Crippen molar-refractivity contribution in [3.63, 3.8) is 0 Å². The monoisotopic (exact) mass is 802 g/mol. The highest BCUT2D eigenvalue weighted by molar-refractivity contribution is 7.33. The Hall–Kier alpha value is -5.06. The molecule has 0 spiro atoms. The summed E-state index contributed by atoms with van der Waals surface area (Å²) in [5.41, 5.74) is 21.5. The van der Waals surface area contributed by atoms with Gasteiger partial charge >= 0.3 is 0 Å². The number of hydrogen-bond donors (Lipinski definition) is 0. The predicted molar refractivity (Wildman–Crippen MR) is 263 cm³/mol. The number of hydrogen-bond acceptors (Lipinski definition) is 3. The van der Waals surface area contributed by atoms with Crippen molar-refractivity contribution in [3.8, 4) is 11.1 Å². The summed E-state index contributed by atoms with van der Waals surface area (Å²) in [5.74, 6) is 0. The second-order valence-electron chi connectivity index (χ2n) is 21.5. The van der Waals surface area contributed by atoms with Crippen LogP contribution in [0.4, 0.5) is 34.1 Å². The summed E-state index contributed by atoms with van der Waals surface area (Å²) in [6, 6.07) is 45.0. The maximum Gasteiger partial charge on any atom is 0.264 e. The Kier molecular flexibility index (Phi) is 8.62. The first-order valence-electron chi connectivity index (χ1n) is 22.1. The van der Waals surface area contributed by atoms with Crippen LogP contribution >= 0.6 is 11.3 Å². The molecule has 1 aromatic heterocycles. The molecule has 3 heterocycles. The lowest BCUT2D eigenvalue weighted by Crippen LogP contribution is -2.61. The molecule has 7 aromatic rings. The van der Waals surface area contributed by atoms with E-state index in [0.717, 1.165) is 6.42 Å². The van der Waals surface area contributed by atoms with Crippen LogP contribution in [-0.4, -0.2) is 6.71 Å². The van der Waals surface area contributed by atoms with Gasteiger partial charge in [-0.1, -0.05) is 142 Å². The first-order valence-corrected chi connectivity index (χ1v) is 22.9. The van der Waals surface area contributed by atoms with Crippen molar-refractivity contribution >= 4 is 78.0 Å². The van der Waals surface area contributed by atoms with Crippen molar-refractivity contribution in [3.05, 3.63) is 149 Å². The Morgan fingerprint density at radius 2 is 1.23 bits per heavy atom. The van der Waals surface area contributed by atoms with Gasteiger partial charge < -0.3 is 9.80 Å². The van der Waals surface area contributed by atoms with Crippen molar-refractivity contribution in [2.24, 2.45) is 0 Å². The van der Waals surface area contributed by atoms with Gasteiger partial charge in [-0.2, -0.15) is 0 Å². The number of thiophene rings is 1. The van der Waals surface area contributed by atoms with E-state index in [4.69, 9.17) is 0 Å². The van der Waals surface area contributed by atoms with Gasteiger partial charge in [-0.15, -0.1) is 11.3 Å². The molecule has 4 heteroatoms. The Morgan fingerprint density at radius 1 is 0.583 bits per heavy atom. The van der Waals surface area contributed by atoms with E-state index < -0.39 is 0 Å². The maximum absolute atomic E-state index is 2.69. The van der Waals surface area contributed by atoms with Crippen LogP contribution in [0.2, 0.25) is 0 Å². The van der Waals surface area contributed by atoms with Crippen LogP contribution in [-0.2, 0) is 21.7 Å². The Bertz CT molecular complexity index is 2860. The third kappa shape index (κ3) is 5.95. The maximum atomic E-state index is 2.69. The molecule has 0 unspecified atom stereocenters. The van der Waals surface area contributed by atoms with Crippen LogP contribution in [0, 0.1) is 13.8 Å². The molecule has 0 saturated heterocycles. The van der Waals surface area contributed by atoms with Crippen molar-refractivity contribution in [1.29, 1.82) is 0 Å². The number of anilines is 6. The summed E-state index contributed by atoms with van der Waals surface area (Å²) < 4.78 is 2.78. The zero-order chi connectivity index (χ0) is 42.3. The lowest BCUT2D eigenvalue weighted by atomic mass is 9.35. The summed E-state index contributed by atoms with van der Waals surface area (Å²) >= 11 is 2.00. The third-order valence-electron chi connectivity index (χ3n) is 14.1. The van der Waals surface area contributed by atoms with E-state index in [1.165, 1.54) is 111 Å². The molecule has 6 aromatic carbocycles. The molecule has 0 N–H and O–H groups in total. The largest absolute Gasteiger partial charge is 0.311 e. The van der Waals surface area contributed by atoms with E-state index in [9.17, 15) is 0 Å². The minimum Gasteiger partial charge on any atom is -0.311 e. The topological polar surface area (TPSA) is 6.48 Å². The molecular weight excluding hydrogens is 744 g/mol. The highest BCUT2D eigenvalue weighted by Crippen LogP contribution is 2.55. The van der Waals surface area contributed by atoms with Crippen LogP contribution < -0.4 is 25.5 Å². The molecule has 10 rings (SSSR count). The zero-order valence-electron chi connectivity index (χ0n) is 37.8. The molecule has 0 atom stereocenters. The Labute approximate surface area is 363 Å². The van der Waals surface area contributed by atoms with E-state index in [1.54, 1.807) is 0 Å². The Morgan fingerprint density at radius 3 is 1.92 bits per heavy atom. The molecular formula is C56H59BN2S. The minimum atomic E-state index is 0.00311. The smallest absolute Gasteiger partial charge is 0.264 e. The number of nitrogens with zero attached hydrogens (tertiary/aromatic N) is 2. The lowest BCUT2D eigenvalue weighted by Gasteiger charge is -2.49. The molecule has 2 aliphatic heterocycles. The first-order chi connectivity index (χ1) is 28.3. The summed E-state index contributed by atoms with van der Waals surface area (Å²) in [6.07, 6.45) is 2.34. The summed E-state index contributed by atoms with van der Waals surface area (Å²) in [6.45, 7) is 28.5. The van der Waals surface area contributed by atoms with Crippen molar-refractivity contribution in [2.75, 3.05) is 9.80 Å². The molecule has 3 aliphatic rings. The van der Waals surface area contributed by atoms with E-state index in [-0.39, 0.29) is 28.4 Å². The molecule has 0 fully saturated rings. The van der Waals surface area contributed by atoms with Gasteiger partial charge in [0, 0.05) is 43.2 Å². The predicted octanol–water partition coefficient (Wildman–Crippen LogP) is 14.2.